The fraction of sp³-hybridized carbons (Fsp3) is 0.200. The van der Waals surface area contributed by atoms with Gasteiger partial charge in [-0.3, -0.25) is 9.78 Å². The Labute approximate surface area is 208 Å². The average molecular weight is 507 g/mol. The van der Waals surface area contributed by atoms with Gasteiger partial charge in [0, 0.05) is 29.5 Å². The molecule has 1 aromatic carbocycles. The topological polar surface area (TPSA) is 124 Å². The van der Waals surface area contributed by atoms with E-state index in [-0.39, 0.29) is 18.1 Å². The van der Waals surface area contributed by atoms with E-state index >= 15 is 0 Å². The van der Waals surface area contributed by atoms with Crippen LogP contribution in [-0.2, 0) is 12.7 Å². The monoisotopic (exact) mass is 507 g/mol. The average Bonchev–Trinajstić information content (AvgIpc) is 3.29. The fourth-order valence-corrected chi connectivity index (χ4v) is 4.07. The highest BCUT2D eigenvalue weighted by Gasteiger charge is 2.31. The van der Waals surface area contributed by atoms with Crippen molar-refractivity contribution in [1.29, 1.82) is 0 Å². The predicted octanol–water partition coefficient (Wildman–Crippen LogP) is 4.87. The normalized spacial score (nSPS) is 12.7. The molecule has 0 bridgehead atoms. The van der Waals surface area contributed by atoms with Crippen molar-refractivity contribution in [3.05, 3.63) is 83.3 Å². The molecule has 37 heavy (non-hydrogen) atoms. The summed E-state index contributed by atoms with van der Waals surface area (Å²) in [6.07, 6.45) is -0.671. The molecule has 9 nitrogen and oxygen atoms in total. The van der Waals surface area contributed by atoms with Crippen LogP contribution in [0.4, 0.5) is 19.0 Å². The maximum atomic E-state index is 13.8. The van der Waals surface area contributed by atoms with Crippen LogP contribution in [0.15, 0.2) is 59.5 Å². The molecule has 188 valence electrons. The maximum absolute atomic E-state index is 13.8. The van der Waals surface area contributed by atoms with Crippen molar-refractivity contribution in [2.24, 2.45) is 0 Å². The van der Waals surface area contributed by atoms with Gasteiger partial charge < -0.3 is 15.2 Å². The van der Waals surface area contributed by atoms with Gasteiger partial charge in [0.15, 0.2) is 5.58 Å². The van der Waals surface area contributed by atoms with Crippen LogP contribution in [0.3, 0.4) is 0 Å². The quantitative estimate of drug-likeness (QED) is 0.357. The van der Waals surface area contributed by atoms with Crippen LogP contribution < -0.4 is 5.73 Å². The van der Waals surface area contributed by atoms with Crippen LogP contribution >= 0.6 is 0 Å². The molecule has 12 heteroatoms. The Kier molecular flexibility index (Phi) is 5.94. The molecule has 1 atom stereocenters. The number of carbonyl (C=O) groups excluding carboxylic acids is 1. The summed E-state index contributed by atoms with van der Waals surface area (Å²) in [4.78, 5) is 32.1. The van der Waals surface area contributed by atoms with Crippen LogP contribution in [0.5, 0.6) is 0 Å². The highest BCUT2D eigenvalue weighted by Crippen LogP contribution is 2.32. The number of aryl methyl sites for hydroxylation is 1. The first-order chi connectivity index (χ1) is 17.6. The number of amides is 1. The van der Waals surface area contributed by atoms with E-state index in [0.717, 1.165) is 12.3 Å². The van der Waals surface area contributed by atoms with Crippen molar-refractivity contribution in [2.45, 2.75) is 32.6 Å². The number of halogens is 3. The summed E-state index contributed by atoms with van der Waals surface area (Å²) in [7, 11) is 0. The highest BCUT2D eigenvalue weighted by atomic mass is 19.4. The summed E-state index contributed by atoms with van der Waals surface area (Å²) in [5, 5.41) is 5.08. The van der Waals surface area contributed by atoms with Crippen molar-refractivity contribution >= 4 is 33.6 Å². The molecule has 0 radical (unpaired) electrons. The third-order valence-corrected chi connectivity index (χ3v) is 6.02. The number of aromatic nitrogens is 5. The number of hydrogen-bond acceptors (Lipinski definition) is 8. The summed E-state index contributed by atoms with van der Waals surface area (Å²) >= 11 is 0. The summed E-state index contributed by atoms with van der Waals surface area (Å²) in [6.45, 7) is 3.40. The first-order valence-corrected chi connectivity index (χ1v) is 11.2. The summed E-state index contributed by atoms with van der Waals surface area (Å²) in [5.41, 5.74) is 7.26. The number of anilines is 1. The Morgan fingerprint density at radius 2 is 1.89 bits per heavy atom. The number of pyridine rings is 2. The van der Waals surface area contributed by atoms with E-state index in [4.69, 9.17) is 10.3 Å². The molecule has 0 spiro atoms. The number of nitrogen functional groups attached to an aromatic ring is 1. The predicted molar refractivity (Wildman–Crippen MR) is 128 cm³/mol. The van der Waals surface area contributed by atoms with Crippen LogP contribution in [0.2, 0.25) is 0 Å². The van der Waals surface area contributed by atoms with Crippen LogP contribution in [0.1, 0.15) is 46.1 Å². The number of hydrogen-bond donors (Lipinski definition) is 1. The summed E-state index contributed by atoms with van der Waals surface area (Å²) in [5.74, 6) is 0.223. The minimum Gasteiger partial charge on any atom is -0.383 e. The molecule has 0 aliphatic carbocycles. The van der Waals surface area contributed by atoms with Gasteiger partial charge in [0.2, 0.25) is 0 Å². The minimum atomic E-state index is -4.51. The molecule has 4 aromatic heterocycles. The molecular formula is C25H20F3N7O2. The Morgan fingerprint density at radius 3 is 2.57 bits per heavy atom. The molecule has 0 saturated heterocycles. The molecule has 5 rings (SSSR count). The van der Waals surface area contributed by atoms with Gasteiger partial charge in [0.1, 0.15) is 11.6 Å². The van der Waals surface area contributed by atoms with Crippen LogP contribution in [0.25, 0.3) is 21.9 Å². The molecule has 5 aromatic rings. The molecule has 4 heterocycles. The molecule has 0 unspecified atom stereocenters. The summed E-state index contributed by atoms with van der Waals surface area (Å²) < 4.78 is 44.5. The van der Waals surface area contributed by atoms with Gasteiger partial charge in [-0.2, -0.15) is 13.2 Å². The van der Waals surface area contributed by atoms with Gasteiger partial charge in [-0.25, -0.2) is 15.0 Å². The molecular weight excluding hydrogens is 487 g/mol. The van der Waals surface area contributed by atoms with E-state index < -0.39 is 23.7 Å². The van der Waals surface area contributed by atoms with E-state index in [9.17, 15) is 18.0 Å². The molecule has 1 amide bonds. The second kappa shape index (κ2) is 9.12. The van der Waals surface area contributed by atoms with Crippen molar-refractivity contribution in [2.75, 3.05) is 5.73 Å². The first kappa shape index (κ1) is 24.1. The lowest BCUT2D eigenvalue weighted by Crippen LogP contribution is -2.34. The maximum Gasteiger partial charge on any atom is 0.417 e. The fourth-order valence-electron chi connectivity index (χ4n) is 4.07. The van der Waals surface area contributed by atoms with Crippen LogP contribution in [-0.4, -0.2) is 35.9 Å². The van der Waals surface area contributed by atoms with E-state index in [1.807, 2.05) is 0 Å². The third-order valence-electron chi connectivity index (χ3n) is 6.02. The molecule has 0 aliphatic rings. The molecule has 0 fully saturated rings. The molecule has 2 N–H and O–H groups in total. The third kappa shape index (κ3) is 4.53. The largest absolute Gasteiger partial charge is 0.417 e. The van der Waals surface area contributed by atoms with E-state index in [0.29, 0.717) is 39.0 Å². The molecule has 0 saturated carbocycles. The standard InChI is InChI=1S/C25H20F3N7O2/c1-13-20-21(37-34-13)18-10-15(4-7-19(18)33-22(20)29)24(36)35(14(2)23-30-8-3-9-31-23)12-17-6-5-16(11-32-17)25(26,27)28/h3-11,14H,12H2,1-2H3,(H2,29,33)/t14-/m1/s1. The number of carbonyl (C=O) groups is 1. The molecule has 0 aliphatic heterocycles. The number of fused-ring (bicyclic) bond motifs is 3. The Hall–Kier alpha value is -4.61. The second-order valence-corrected chi connectivity index (χ2v) is 8.45. The van der Waals surface area contributed by atoms with Gasteiger partial charge in [-0.1, -0.05) is 5.16 Å². The zero-order chi connectivity index (χ0) is 26.3. The van der Waals surface area contributed by atoms with Crippen molar-refractivity contribution in [1.82, 2.24) is 30.0 Å². The number of nitrogens with two attached hydrogens (primary N) is 1. The van der Waals surface area contributed by atoms with Gasteiger partial charge >= 0.3 is 6.18 Å². The zero-order valence-corrected chi connectivity index (χ0v) is 19.7. The minimum absolute atomic E-state index is 0.0781. The van der Waals surface area contributed by atoms with Gasteiger partial charge in [0.25, 0.3) is 5.91 Å². The van der Waals surface area contributed by atoms with Crippen molar-refractivity contribution in [3.8, 4) is 0 Å². The lowest BCUT2D eigenvalue weighted by molar-refractivity contribution is -0.137. The van der Waals surface area contributed by atoms with Gasteiger partial charge in [-0.05, 0) is 50.2 Å². The van der Waals surface area contributed by atoms with Gasteiger partial charge in [-0.15, -0.1) is 0 Å². The van der Waals surface area contributed by atoms with Crippen molar-refractivity contribution < 1.29 is 22.5 Å². The second-order valence-electron chi connectivity index (χ2n) is 8.45. The highest BCUT2D eigenvalue weighted by molar-refractivity contribution is 6.09. The first-order valence-electron chi connectivity index (χ1n) is 11.2. The number of rotatable bonds is 5. The SMILES string of the molecule is Cc1noc2c1c(N)nc1ccc(C(=O)N(Cc3ccc(C(F)(F)F)cn3)[C@H](C)c3ncccn3)cc12. The van der Waals surface area contributed by atoms with Crippen LogP contribution in [0, 0.1) is 6.92 Å². The number of alkyl halides is 3. The number of benzene rings is 1. The van der Waals surface area contributed by atoms with E-state index in [1.165, 1.54) is 11.0 Å². The Bertz CT molecular complexity index is 1600. The van der Waals surface area contributed by atoms with Gasteiger partial charge in [0.05, 0.1) is 40.4 Å². The lowest BCUT2D eigenvalue weighted by atomic mass is 10.1. The smallest absolute Gasteiger partial charge is 0.383 e. The van der Waals surface area contributed by atoms with E-state index in [1.54, 1.807) is 50.5 Å². The number of nitrogens with zero attached hydrogens (tertiary/aromatic N) is 6. The zero-order valence-electron chi connectivity index (χ0n) is 19.7. The van der Waals surface area contributed by atoms with E-state index in [2.05, 4.69) is 25.1 Å². The van der Waals surface area contributed by atoms with Crippen molar-refractivity contribution in [3.63, 3.8) is 0 Å². The Balaban J connectivity index is 1.56. The lowest BCUT2D eigenvalue weighted by Gasteiger charge is -2.28. The Morgan fingerprint density at radius 1 is 1.14 bits per heavy atom. The summed E-state index contributed by atoms with van der Waals surface area (Å²) in [6, 6.07) is 8.08.